The van der Waals surface area contributed by atoms with Crippen molar-refractivity contribution in [3.8, 4) is 0 Å². The standard InChI is InChI=1S/C14H15ClO2/c1-8-9(2)17-10(3)13(8)14(16)11-4-6-12(15)7-5-11/h4-7,14,16H,1-3H3. The first-order valence-electron chi connectivity index (χ1n) is 5.50. The van der Waals surface area contributed by atoms with Crippen LogP contribution < -0.4 is 0 Å². The molecule has 0 saturated heterocycles. The van der Waals surface area contributed by atoms with E-state index < -0.39 is 6.10 Å². The van der Waals surface area contributed by atoms with Crippen molar-refractivity contribution in [3.63, 3.8) is 0 Å². The van der Waals surface area contributed by atoms with Gasteiger partial charge in [0.05, 0.1) is 0 Å². The summed E-state index contributed by atoms with van der Waals surface area (Å²) in [4.78, 5) is 0. The Balaban J connectivity index is 2.43. The van der Waals surface area contributed by atoms with Gasteiger partial charge in [0.1, 0.15) is 17.6 Å². The lowest BCUT2D eigenvalue weighted by molar-refractivity contribution is 0.217. The number of hydrogen-bond donors (Lipinski definition) is 1. The first kappa shape index (κ1) is 12.2. The van der Waals surface area contributed by atoms with Crippen LogP contribution in [0.15, 0.2) is 28.7 Å². The number of halogens is 1. The molecule has 90 valence electrons. The quantitative estimate of drug-likeness (QED) is 0.876. The molecule has 1 N–H and O–H groups in total. The molecule has 1 heterocycles. The Morgan fingerprint density at radius 2 is 1.65 bits per heavy atom. The monoisotopic (exact) mass is 250 g/mol. The molecular formula is C14H15ClO2. The van der Waals surface area contributed by atoms with Gasteiger partial charge in [0.15, 0.2) is 0 Å². The fourth-order valence-electron chi connectivity index (χ4n) is 2.02. The van der Waals surface area contributed by atoms with Gasteiger partial charge < -0.3 is 9.52 Å². The van der Waals surface area contributed by atoms with Gasteiger partial charge in [-0.1, -0.05) is 23.7 Å². The summed E-state index contributed by atoms with van der Waals surface area (Å²) in [5, 5.41) is 11.0. The highest BCUT2D eigenvalue weighted by Crippen LogP contribution is 2.31. The molecule has 0 aliphatic carbocycles. The molecule has 2 aromatic rings. The van der Waals surface area contributed by atoms with E-state index in [2.05, 4.69) is 0 Å². The van der Waals surface area contributed by atoms with Crippen molar-refractivity contribution in [2.45, 2.75) is 26.9 Å². The summed E-state index contributed by atoms with van der Waals surface area (Å²) < 4.78 is 5.53. The molecule has 0 aliphatic rings. The predicted octanol–water partition coefficient (Wildman–Crippen LogP) is 3.94. The van der Waals surface area contributed by atoms with Crippen LogP contribution in [0.2, 0.25) is 5.02 Å². The summed E-state index contributed by atoms with van der Waals surface area (Å²) in [5.41, 5.74) is 2.68. The Labute approximate surface area is 106 Å². The van der Waals surface area contributed by atoms with Crippen LogP contribution in [-0.2, 0) is 0 Å². The minimum atomic E-state index is -0.662. The van der Waals surface area contributed by atoms with E-state index in [1.807, 2.05) is 32.9 Å². The summed E-state index contributed by atoms with van der Waals surface area (Å²) in [5.74, 6) is 1.62. The number of hydrogen-bond acceptors (Lipinski definition) is 2. The zero-order chi connectivity index (χ0) is 12.6. The molecule has 0 saturated carbocycles. The zero-order valence-electron chi connectivity index (χ0n) is 10.1. The molecule has 2 rings (SSSR count). The number of aliphatic hydroxyl groups excluding tert-OH is 1. The molecule has 0 fully saturated rings. The summed E-state index contributed by atoms with van der Waals surface area (Å²) in [6, 6.07) is 7.21. The lowest BCUT2D eigenvalue weighted by Crippen LogP contribution is -2.01. The Hall–Kier alpha value is -1.25. The van der Waals surface area contributed by atoms with E-state index in [0.717, 1.165) is 28.2 Å². The van der Waals surface area contributed by atoms with Gasteiger partial charge in [-0.25, -0.2) is 0 Å². The van der Waals surface area contributed by atoms with Crippen LogP contribution in [0.4, 0.5) is 0 Å². The Morgan fingerprint density at radius 1 is 1.06 bits per heavy atom. The van der Waals surface area contributed by atoms with Crippen LogP contribution in [0, 0.1) is 20.8 Å². The lowest BCUT2D eigenvalue weighted by Gasteiger charge is -2.11. The molecule has 0 bridgehead atoms. The minimum Gasteiger partial charge on any atom is -0.466 e. The van der Waals surface area contributed by atoms with Crippen LogP contribution in [0.3, 0.4) is 0 Å². The van der Waals surface area contributed by atoms with Crippen molar-refractivity contribution in [2.24, 2.45) is 0 Å². The fourth-order valence-corrected chi connectivity index (χ4v) is 2.15. The van der Waals surface area contributed by atoms with Gasteiger partial charge in [0, 0.05) is 10.6 Å². The van der Waals surface area contributed by atoms with Crippen molar-refractivity contribution in [2.75, 3.05) is 0 Å². The predicted molar refractivity (Wildman–Crippen MR) is 68.4 cm³/mol. The Kier molecular flexibility index (Phi) is 3.27. The number of aliphatic hydroxyl groups is 1. The molecular weight excluding hydrogens is 236 g/mol. The Morgan fingerprint density at radius 3 is 2.12 bits per heavy atom. The highest BCUT2D eigenvalue weighted by Gasteiger charge is 2.20. The highest BCUT2D eigenvalue weighted by atomic mass is 35.5. The number of furan rings is 1. The van der Waals surface area contributed by atoms with E-state index >= 15 is 0 Å². The van der Waals surface area contributed by atoms with Gasteiger partial charge in [-0.3, -0.25) is 0 Å². The zero-order valence-corrected chi connectivity index (χ0v) is 10.9. The molecule has 17 heavy (non-hydrogen) atoms. The molecule has 0 radical (unpaired) electrons. The molecule has 0 aliphatic heterocycles. The number of benzene rings is 1. The average Bonchev–Trinajstić information content (AvgIpc) is 2.53. The molecule has 1 atom stereocenters. The minimum absolute atomic E-state index is 0.662. The van der Waals surface area contributed by atoms with Gasteiger partial charge in [-0.2, -0.15) is 0 Å². The van der Waals surface area contributed by atoms with E-state index in [1.54, 1.807) is 12.1 Å². The van der Waals surface area contributed by atoms with Crippen molar-refractivity contribution >= 4 is 11.6 Å². The number of rotatable bonds is 2. The second-order valence-electron chi connectivity index (χ2n) is 4.21. The second kappa shape index (κ2) is 4.55. The van der Waals surface area contributed by atoms with Gasteiger partial charge in [-0.15, -0.1) is 0 Å². The maximum absolute atomic E-state index is 10.4. The SMILES string of the molecule is Cc1oc(C)c(C(O)c2ccc(Cl)cc2)c1C. The maximum Gasteiger partial charge on any atom is 0.108 e. The third-order valence-electron chi connectivity index (χ3n) is 3.08. The molecule has 1 aromatic carbocycles. The topological polar surface area (TPSA) is 33.4 Å². The number of aryl methyl sites for hydroxylation is 2. The molecule has 3 heteroatoms. The smallest absolute Gasteiger partial charge is 0.108 e. The summed E-state index contributed by atoms with van der Waals surface area (Å²) in [7, 11) is 0. The highest BCUT2D eigenvalue weighted by molar-refractivity contribution is 6.30. The van der Waals surface area contributed by atoms with Crippen molar-refractivity contribution < 1.29 is 9.52 Å². The summed E-state index contributed by atoms with van der Waals surface area (Å²) in [6.07, 6.45) is -0.662. The summed E-state index contributed by atoms with van der Waals surface area (Å²) >= 11 is 5.83. The molecule has 1 unspecified atom stereocenters. The molecule has 0 spiro atoms. The van der Waals surface area contributed by atoms with Gasteiger partial charge in [0.2, 0.25) is 0 Å². The largest absolute Gasteiger partial charge is 0.466 e. The van der Waals surface area contributed by atoms with Crippen LogP contribution in [0.25, 0.3) is 0 Å². The Bertz CT molecular complexity index is 526. The van der Waals surface area contributed by atoms with E-state index in [-0.39, 0.29) is 0 Å². The first-order valence-corrected chi connectivity index (χ1v) is 5.88. The fraction of sp³-hybridized carbons (Fsp3) is 0.286. The van der Waals surface area contributed by atoms with E-state index in [1.165, 1.54) is 0 Å². The van der Waals surface area contributed by atoms with Crippen LogP contribution in [0.1, 0.15) is 34.3 Å². The second-order valence-corrected chi connectivity index (χ2v) is 4.64. The summed E-state index contributed by atoms with van der Waals surface area (Å²) in [6.45, 7) is 5.73. The van der Waals surface area contributed by atoms with Crippen molar-refractivity contribution in [3.05, 3.63) is 57.5 Å². The van der Waals surface area contributed by atoms with Crippen molar-refractivity contribution in [1.29, 1.82) is 0 Å². The van der Waals surface area contributed by atoms with Gasteiger partial charge in [-0.05, 0) is 44.0 Å². The molecule has 1 aromatic heterocycles. The van der Waals surface area contributed by atoms with E-state index in [9.17, 15) is 5.11 Å². The van der Waals surface area contributed by atoms with E-state index in [4.69, 9.17) is 16.0 Å². The normalized spacial score (nSPS) is 12.8. The van der Waals surface area contributed by atoms with Crippen molar-refractivity contribution in [1.82, 2.24) is 0 Å². The lowest BCUT2D eigenvalue weighted by atomic mass is 9.98. The van der Waals surface area contributed by atoms with Crippen LogP contribution in [-0.4, -0.2) is 5.11 Å². The van der Waals surface area contributed by atoms with Gasteiger partial charge >= 0.3 is 0 Å². The first-order chi connectivity index (χ1) is 8.00. The maximum atomic E-state index is 10.4. The van der Waals surface area contributed by atoms with Crippen LogP contribution in [0.5, 0.6) is 0 Å². The van der Waals surface area contributed by atoms with E-state index in [0.29, 0.717) is 5.02 Å². The van der Waals surface area contributed by atoms with Gasteiger partial charge in [0.25, 0.3) is 0 Å². The van der Waals surface area contributed by atoms with Crippen LogP contribution >= 0.6 is 11.6 Å². The molecule has 0 amide bonds. The third-order valence-corrected chi connectivity index (χ3v) is 3.33. The molecule has 2 nitrogen and oxygen atoms in total. The third kappa shape index (κ3) is 2.24. The average molecular weight is 251 g/mol.